The first-order chi connectivity index (χ1) is 15.0. The Labute approximate surface area is 176 Å². The van der Waals surface area contributed by atoms with E-state index in [9.17, 15) is 9.59 Å². The number of nitrogens with zero attached hydrogens (tertiary/aromatic N) is 2. The van der Waals surface area contributed by atoms with Gasteiger partial charge in [0, 0.05) is 22.5 Å². The number of carboxylic acids is 1. The maximum absolute atomic E-state index is 11.8. The molecule has 152 valence electrons. The molecule has 7 heteroatoms. The van der Waals surface area contributed by atoms with Crippen molar-refractivity contribution in [2.45, 2.75) is 0 Å². The van der Waals surface area contributed by atoms with Crippen LogP contribution in [0.4, 0.5) is 0 Å². The first kappa shape index (κ1) is 18.6. The molecule has 0 saturated heterocycles. The van der Waals surface area contributed by atoms with Gasteiger partial charge < -0.3 is 20.1 Å². The molecule has 0 radical (unpaired) electrons. The average molecular weight is 411 g/mol. The fourth-order valence-electron chi connectivity index (χ4n) is 4.03. The number of hydrogen-bond donors (Lipinski definition) is 2. The lowest BCUT2D eigenvalue weighted by atomic mass is 9.96. The zero-order valence-electron chi connectivity index (χ0n) is 16.5. The number of primary amides is 1. The predicted molar refractivity (Wildman–Crippen MR) is 118 cm³/mol. The van der Waals surface area contributed by atoms with E-state index in [4.69, 9.17) is 15.6 Å². The molecule has 2 aromatic heterocycles. The van der Waals surface area contributed by atoms with Crippen molar-refractivity contribution in [2.24, 2.45) is 5.73 Å². The van der Waals surface area contributed by atoms with Crippen molar-refractivity contribution in [1.82, 2.24) is 9.55 Å². The number of ether oxygens (including phenoxy) is 1. The van der Waals surface area contributed by atoms with Crippen LogP contribution in [-0.4, -0.2) is 33.6 Å². The van der Waals surface area contributed by atoms with Gasteiger partial charge >= 0.3 is 5.97 Å². The fraction of sp³-hybridized carbons (Fsp3) is 0.0417. The first-order valence-corrected chi connectivity index (χ1v) is 9.52. The highest BCUT2D eigenvalue weighted by molar-refractivity contribution is 6.25. The normalized spacial score (nSPS) is 11.3. The molecule has 3 aromatic carbocycles. The fourth-order valence-corrected chi connectivity index (χ4v) is 4.03. The number of carboxylic acid groups (broad SMARTS) is 1. The molecule has 0 saturated carbocycles. The number of aromatic carboxylic acids is 1. The zero-order chi connectivity index (χ0) is 21.7. The van der Waals surface area contributed by atoms with E-state index in [2.05, 4.69) is 4.98 Å². The van der Waals surface area contributed by atoms with Crippen molar-refractivity contribution in [1.29, 1.82) is 0 Å². The first-order valence-electron chi connectivity index (χ1n) is 9.52. The number of nitrogens with two attached hydrogens (primary N) is 1. The Balaban J connectivity index is 1.89. The highest BCUT2D eigenvalue weighted by Gasteiger charge is 2.16. The van der Waals surface area contributed by atoms with Gasteiger partial charge in [-0.05, 0) is 64.7 Å². The third-order valence-electron chi connectivity index (χ3n) is 5.50. The Kier molecular flexibility index (Phi) is 4.11. The largest absolute Gasteiger partial charge is 0.497 e. The maximum Gasteiger partial charge on any atom is 0.354 e. The highest BCUT2D eigenvalue weighted by Crippen LogP contribution is 2.38. The molecule has 31 heavy (non-hydrogen) atoms. The number of rotatable bonds is 4. The summed E-state index contributed by atoms with van der Waals surface area (Å²) in [7, 11) is 1.61. The summed E-state index contributed by atoms with van der Waals surface area (Å²) >= 11 is 0. The molecule has 0 aliphatic carbocycles. The lowest BCUT2D eigenvalue weighted by Gasteiger charge is -2.13. The quantitative estimate of drug-likeness (QED) is 0.432. The molecule has 5 rings (SSSR count). The summed E-state index contributed by atoms with van der Waals surface area (Å²) in [6, 6.07) is 16.4. The third kappa shape index (κ3) is 2.86. The number of hydrogen-bond acceptors (Lipinski definition) is 4. The van der Waals surface area contributed by atoms with Crippen LogP contribution in [0.3, 0.4) is 0 Å². The lowest BCUT2D eigenvalue weighted by molar-refractivity contribution is 0.0690. The molecule has 1 amide bonds. The van der Waals surface area contributed by atoms with Gasteiger partial charge in [0.05, 0.1) is 24.5 Å². The van der Waals surface area contributed by atoms with Gasteiger partial charge in [0.25, 0.3) is 0 Å². The Hall–Kier alpha value is -4.39. The second-order valence-electron chi connectivity index (χ2n) is 7.19. The maximum atomic E-state index is 11.8. The van der Waals surface area contributed by atoms with Crippen LogP contribution in [0.1, 0.15) is 20.8 Å². The highest BCUT2D eigenvalue weighted by atomic mass is 16.5. The number of carbonyl (C=O) groups is 2. The summed E-state index contributed by atoms with van der Waals surface area (Å²) in [5, 5.41) is 13.9. The molecule has 0 aliphatic rings. The Morgan fingerprint density at radius 1 is 0.935 bits per heavy atom. The van der Waals surface area contributed by atoms with Crippen molar-refractivity contribution < 1.29 is 19.4 Å². The summed E-state index contributed by atoms with van der Waals surface area (Å²) in [4.78, 5) is 27.0. The predicted octanol–water partition coefficient (Wildman–Crippen LogP) is 4.14. The van der Waals surface area contributed by atoms with Gasteiger partial charge in [-0.25, -0.2) is 9.78 Å². The number of pyridine rings is 1. The molecular weight excluding hydrogens is 394 g/mol. The van der Waals surface area contributed by atoms with Gasteiger partial charge in [0.1, 0.15) is 11.4 Å². The van der Waals surface area contributed by atoms with Gasteiger partial charge in [-0.15, -0.1) is 0 Å². The number of aromatic nitrogens is 2. The van der Waals surface area contributed by atoms with E-state index in [1.165, 1.54) is 12.3 Å². The third-order valence-corrected chi connectivity index (χ3v) is 5.50. The van der Waals surface area contributed by atoms with Crippen molar-refractivity contribution in [2.75, 3.05) is 7.11 Å². The molecule has 0 atom stereocenters. The van der Waals surface area contributed by atoms with Gasteiger partial charge in [-0.3, -0.25) is 4.79 Å². The molecule has 0 spiro atoms. The zero-order valence-corrected chi connectivity index (χ0v) is 16.5. The number of carbonyl (C=O) groups excluding carboxylic acids is 1. The number of methoxy groups -OCH3 is 1. The van der Waals surface area contributed by atoms with Crippen molar-refractivity contribution in [3.63, 3.8) is 0 Å². The summed E-state index contributed by atoms with van der Waals surface area (Å²) < 4.78 is 7.38. The van der Waals surface area contributed by atoms with Crippen LogP contribution >= 0.6 is 0 Å². The van der Waals surface area contributed by atoms with E-state index < -0.39 is 11.9 Å². The molecule has 0 unspecified atom stereocenters. The second-order valence-corrected chi connectivity index (χ2v) is 7.19. The van der Waals surface area contributed by atoms with E-state index in [0.29, 0.717) is 11.3 Å². The summed E-state index contributed by atoms with van der Waals surface area (Å²) in [5.74, 6) is -0.860. The summed E-state index contributed by atoms with van der Waals surface area (Å²) in [6.07, 6.45) is 3.46. The van der Waals surface area contributed by atoms with Crippen molar-refractivity contribution >= 4 is 44.3 Å². The molecule has 0 fully saturated rings. The Morgan fingerprint density at radius 3 is 2.35 bits per heavy atom. The smallest absolute Gasteiger partial charge is 0.354 e. The number of fused-ring (bicyclic) bond motifs is 6. The van der Waals surface area contributed by atoms with Gasteiger partial charge in [0.15, 0.2) is 0 Å². The summed E-state index contributed by atoms with van der Waals surface area (Å²) in [6.45, 7) is 0. The van der Waals surface area contributed by atoms with E-state index >= 15 is 0 Å². The summed E-state index contributed by atoms with van der Waals surface area (Å²) in [5.41, 5.74) is 7.58. The Bertz CT molecular complexity index is 1520. The second kappa shape index (κ2) is 6.84. The van der Waals surface area contributed by atoms with Gasteiger partial charge in [-0.1, -0.05) is 6.07 Å². The van der Waals surface area contributed by atoms with Gasteiger partial charge in [0.2, 0.25) is 5.91 Å². The van der Waals surface area contributed by atoms with Crippen molar-refractivity contribution in [3.05, 3.63) is 78.2 Å². The Morgan fingerprint density at radius 2 is 1.68 bits per heavy atom. The molecule has 7 nitrogen and oxygen atoms in total. The van der Waals surface area contributed by atoms with E-state index in [1.54, 1.807) is 25.3 Å². The molecule has 0 bridgehead atoms. The minimum Gasteiger partial charge on any atom is -0.497 e. The molecule has 0 aliphatic heterocycles. The van der Waals surface area contributed by atoms with Crippen molar-refractivity contribution in [3.8, 4) is 11.4 Å². The monoisotopic (exact) mass is 411 g/mol. The van der Waals surface area contributed by atoms with Gasteiger partial charge in [-0.2, -0.15) is 0 Å². The van der Waals surface area contributed by atoms with Crippen LogP contribution in [0.25, 0.3) is 38.1 Å². The SMILES string of the molecule is COc1ccc2c(c1)c1cc(C(N)=O)ccc1c1c2ccn1-c1ccc(C(=O)O)nc1. The molecule has 5 aromatic rings. The molecule has 2 heterocycles. The molecular formula is C24H17N3O4. The van der Waals surface area contributed by atoms with Crippen LogP contribution in [0.2, 0.25) is 0 Å². The minimum absolute atomic E-state index is 0.0197. The van der Waals surface area contributed by atoms with Crippen LogP contribution < -0.4 is 10.5 Å². The number of benzene rings is 3. The van der Waals surface area contributed by atoms with E-state index in [0.717, 1.165) is 38.1 Å². The molecule has 3 N–H and O–H groups in total. The topological polar surface area (TPSA) is 107 Å². The van der Waals surface area contributed by atoms with E-state index in [-0.39, 0.29) is 5.69 Å². The van der Waals surface area contributed by atoms with Crippen LogP contribution in [0.15, 0.2) is 67.0 Å². The van der Waals surface area contributed by atoms with Crippen LogP contribution in [0.5, 0.6) is 5.75 Å². The minimum atomic E-state index is -1.08. The van der Waals surface area contributed by atoms with E-state index in [1.807, 2.05) is 41.1 Å². The standard InChI is InChI=1S/C24H17N3O4/c1-31-15-4-6-16-18-8-9-27(14-3-7-21(24(29)30)26-12-14)22(18)17-5-2-13(23(25)28)10-19(17)20(16)11-15/h2-12H,1H3,(H2,25,28)(H,29,30). The van der Waals surface area contributed by atoms with Crippen LogP contribution in [0, 0.1) is 0 Å². The van der Waals surface area contributed by atoms with Crippen LogP contribution in [-0.2, 0) is 0 Å². The average Bonchev–Trinajstić information content (AvgIpc) is 3.24. The lowest BCUT2D eigenvalue weighted by Crippen LogP contribution is -2.10. The number of amides is 1.